The van der Waals surface area contributed by atoms with Gasteiger partial charge in [-0.05, 0) is 41.3 Å². The van der Waals surface area contributed by atoms with Crippen molar-refractivity contribution in [2.75, 3.05) is 19.5 Å². The zero-order chi connectivity index (χ0) is 22.2. The number of nitrogens with one attached hydrogen (secondary N) is 1. The van der Waals surface area contributed by atoms with E-state index in [1.165, 1.54) is 25.8 Å². The normalized spacial score (nSPS) is 13.4. The first-order chi connectivity index (χ1) is 14.2. The average Bonchev–Trinajstić information content (AvgIpc) is 3.40. The molecule has 2 aromatic heterocycles. The summed E-state index contributed by atoms with van der Waals surface area (Å²) in [5.74, 6) is -1.91. The van der Waals surface area contributed by atoms with Gasteiger partial charge >= 0.3 is 11.9 Å². The lowest BCUT2D eigenvalue weighted by atomic mass is 10.1. The van der Waals surface area contributed by atoms with Gasteiger partial charge in [-0.15, -0.1) is 11.3 Å². The highest BCUT2D eigenvalue weighted by Crippen LogP contribution is 2.45. The highest BCUT2D eigenvalue weighted by molar-refractivity contribution is 9.10. The van der Waals surface area contributed by atoms with Crippen LogP contribution in [0.1, 0.15) is 62.2 Å². The number of esters is 2. The van der Waals surface area contributed by atoms with E-state index < -0.39 is 30.0 Å². The van der Waals surface area contributed by atoms with Crippen LogP contribution in [-0.4, -0.2) is 41.8 Å². The first-order valence-corrected chi connectivity index (χ1v) is 10.4. The predicted octanol–water partition coefficient (Wildman–Crippen LogP) is 4.04. The molecule has 1 aliphatic rings. The van der Waals surface area contributed by atoms with Gasteiger partial charge in [0, 0.05) is 5.92 Å². The molecule has 2 aromatic rings. The minimum absolute atomic E-state index is 0.0357. The molecule has 30 heavy (non-hydrogen) atoms. The van der Waals surface area contributed by atoms with E-state index in [4.69, 9.17) is 9.47 Å². The number of thiophene rings is 1. The number of halogens is 3. The van der Waals surface area contributed by atoms with Gasteiger partial charge in [-0.1, -0.05) is 0 Å². The van der Waals surface area contributed by atoms with Gasteiger partial charge in [-0.3, -0.25) is 9.48 Å². The highest BCUT2D eigenvalue weighted by Gasteiger charge is 2.34. The van der Waals surface area contributed by atoms with Crippen LogP contribution in [0.5, 0.6) is 0 Å². The van der Waals surface area contributed by atoms with Crippen molar-refractivity contribution in [1.29, 1.82) is 0 Å². The lowest BCUT2D eigenvalue weighted by Gasteiger charge is -2.09. The van der Waals surface area contributed by atoms with Crippen LogP contribution in [0, 0.1) is 6.92 Å². The maximum Gasteiger partial charge on any atom is 0.348 e. The Hall–Kier alpha value is -2.34. The van der Waals surface area contributed by atoms with E-state index in [-0.39, 0.29) is 32.4 Å². The number of hydrogen-bond acceptors (Lipinski definition) is 7. The minimum Gasteiger partial charge on any atom is -0.465 e. The molecule has 0 saturated heterocycles. The molecule has 8 nitrogen and oxygen atoms in total. The first-order valence-electron chi connectivity index (χ1n) is 8.83. The fourth-order valence-corrected chi connectivity index (χ4v) is 4.93. The van der Waals surface area contributed by atoms with Crippen molar-refractivity contribution < 1.29 is 32.6 Å². The zero-order valence-electron chi connectivity index (χ0n) is 16.3. The summed E-state index contributed by atoms with van der Waals surface area (Å²) in [5.41, 5.74) is 0.481. The summed E-state index contributed by atoms with van der Waals surface area (Å²) >= 11 is 4.04. The first kappa shape index (κ1) is 22.3. The molecule has 0 aromatic carbocycles. The third-order valence-corrected chi connectivity index (χ3v) is 6.58. The number of ether oxygens (including phenoxy) is 2. The van der Waals surface area contributed by atoms with Crippen LogP contribution >= 0.6 is 27.3 Å². The van der Waals surface area contributed by atoms with E-state index in [1.807, 2.05) is 0 Å². The molecule has 0 spiro atoms. The zero-order valence-corrected chi connectivity index (χ0v) is 18.7. The molecular weight excluding hydrogens is 488 g/mol. The Morgan fingerprint density at radius 2 is 1.90 bits per heavy atom. The molecule has 12 heteroatoms. The van der Waals surface area contributed by atoms with Gasteiger partial charge in [-0.2, -0.15) is 5.10 Å². The molecule has 0 atom stereocenters. The lowest BCUT2D eigenvalue weighted by Crippen LogP contribution is -2.21. The standard InChI is InChI=1S/C18H18BrF2N3O5S/c1-7-10(17(26)28-2)16(30-14(7)18(27)29-3)22-9(25)6-24-13(8-4-5-8)11(19)12(23-24)15(20)21/h8,15H,4-6H2,1-3H3,(H,22,25). The number of amides is 1. The number of methoxy groups -OCH3 is 2. The van der Waals surface area contributed by atoms with Crippen LogP contribution in [-0.2, 0) is 20.8 Å². The molecule has 1 fully saturated rings. The van der Waals surface area contributed by atoms with Gasteiger partial charge in [0.15, 0.2) is 0 Å². The molecule has 0 bridgehead atoms. The van der Waals surface area contributed by atoms with Crippen molar-refractivity contribution >= 4 is 50.1 Å². The summed E-state index contributed by atoms with van der Waals surface area (Å²) < 4.78 is 37.4. The van der Waals surface area contributed by atoms with Crippen LogP contribution in [0.3, 0.4) is 0 Å². The van der Waals surface area contributed by atoms with E-state index in [2.05, 4.69) is 26.3 Å². The maximum atomic E-state index is 13.2. The third-order valence-electron chi connectivity index (χ3n) is 4.58. The fraction of sp³-hybridized carbons (Fsp3) is 0.444. The number of anilines is 1. The number of nitrogens with zero attached hydrogens (tertiary/aromatic N) is 2. The Morgan fingerprint density at radius 3 is 2.43 bits per heavy atom. The Kier molecular flexibility index (Phi) is 6.56. The number of carbonyl (C=O) groups is 3. The van der Waals surface area contributed by atoms with Gasteiger partial charge in [0.1, 0.15) is 22.1 Å². The van der Waals surface area contributed by atoms with Gasteiger partial charge in [0.25, 0.3) is 6.43 Å². The van der Waals surface area contributed by atoms with Crippen LogP contribution in [0.15, 0.2) is 4.47 Å². The molecule has 0 radical (unpaired) electrons. The van der Waals surface area contributed by atoms with E-state index in [0.717, 1.165) is 24.2 Å². The van der Waals surface area contributed by atoms with E-state index in [9.17, 15) is 23.2 Å². The molecule has 1 amide bonds. The summed E-state index contributed by atoms with van der Waals surface area (Å²) in [5, 5.41) is 6.56. The van der Waals surface area contributed by atoms with Crippen molar-refractivity contribution in [3.05, 3.63) is 31.9 Å². The topological polar surface area (TPSA) is 99.5 Å². The summed E-state index contributed by atoms with van der Waals surface area (Å²) in [6.45, 7) is 1.21. The number of hydrogen-bond donors (Lipinski definition) is 1. The van der Waals surface area contributed by atoms with Crippen molar-refractivity contribution in [1.82, 2.24) is 9.78 Å². The molecular formula is C18H18BrF2N3O5S. The number of rotatable bonds is 7. The largest absolute Gasteiger partial charge is 0.465 e. The van der Waals surface area contributed by atoms with Crippen molar-refractivity contribution in [3.8, 4) is 0 Å². The van der Waals surface area contributed by atoms with Gasteiger partial charge in [-0.25, -0.2) is 18.4 Å². The fourth-order valence-electron chi connectivity index (χ4n) is 3.02. The van der Waals surface area contributed by atoms with Gasteiger partial charge in [0.2, 0.25) is 5.91 Å². The lowest BCUT2D eigenvalue weighted by molar-refractivity contribution is -0.116. The minimum atomic E-state index is -2.78. The Balaban J connectivity index is 1.89. The second-order valence-corrected chi connectivity index (χ2v) is 8.42. The Bertz CT molecular complexity index is 1020. The molecule has 0 aliphatic heterocycles. The van der Waals surface area contributed by atoms with Crippen LogP contribution < -0.4 is 5.32 Å². The van der Waals surface area contributed by atoms with E-state index >= 15 is 0 Å². The highest BCUT2D eigenvalue weighted by atomic mass is 79.9. The molecule has 2 heterocycles. The second-order valence-electron chi connectivity index (χ2n) is 6.61. The quantitative estimate of drug-likeness (QED) is 0.570. The van der Waals surface area contributed by atoms with Crippen LogP contribution in [0.25, 0.3) is 0 Å². The van der Waals surface area contributed by atoms with Gasteiger partial charge < -0.3 is 14.8 Å². The average molecular weight is 506 g/mol. The number of alkyl halides is 2. The van der Waals surface area contributed by atoms with Crippen molar-refractivity contribution in [2.45, 2.75) is 38.7 Å². The third kappa shape index (κ3) is 4.24. The van der Waals surface area contributed by atoms with E-state index in [0.29, 0.717) is 11.3 Å². The molecule has 3 rings (SSSR count). The molecule has 0 unspecified atom stereocenters. The summed E-state index contributed by atoms with van der Waals surface area (Å²) in [7, 11) is 2.38. The smallest absolute Gasteiger partial charge is 0.348 e. The van der Waals surface area contributed by atoms with Gasteiger partial charge in [0.05, 0.1) is 29.9 Å². The Morgan fingerprint density at radius 1 is 1.27 bits per heavy atom. The number of carbonyl (C=O) groups excluding carboxylic acids is 3. The molecule has 162 valence electrons. The second kappa shape index (κ2) is 8.80. The molecule has 1 N–H and O–H groups in total. The summed E-state index contributed by atoms with van der Waals surface area (Å²) in [6.07, 6.45) is -1.13. The maximum absolute atomic E-state index is 13.2. The Labute approximate surface area is 182 Å². The predicted molar refractivity (Wildman–Crippen MR) is 107 cm³/mol. The van der Waals surface area contributed by atoms with Crippen molar-refractivity contribution in [3.63, 3.8) is 0 Å². The number of aromatic nitrogens is 2. The van der Waals surface area contributed by atoms with Crippen LogP contribution in [0.2, 0.25) is 0 Å². The monoisotopic (exact) mass is 505 g/mol. The van der Waals surface area contributed by atoms with E-state index in [1.54, 1.807) is 0 Å². The molecule has 1 saturated carbocycles. The summed E-state index contributed by atoms with van der Waals surface area (Å²) in [6, 6.07) is 0. The molecule has 1 aliphatic carbocycles. The summed E-state index contributed by atoms with van der Waals surface area (Å²) in [4.78, 5) is 36.9. The SMILES string of the molecule is COC(=O)c1sc(NC(=O)Cn2nc(C(F)F)c(Br)c2C2CC2)c(C(=O)OC)c1C. The van der Waals surface area contributed by atoms with Crippen LogP contribution in [0.4, 0.5) is 13.8 Å². The van der Waals surface area contributed by atoms with Crippen molar-refractivity contribution in [2.24, 2.45) is 0 Å².